The van der Waals surface area contributed by atoms with E-state index in [0.29, 0.717) is 23.5 Å². The van der Waals surface area contributed by atoms with Crippen LogP contribution in [0.3, 0.4) is 0 Å². The van der Waals surface area contributed by atoms with E-state index in [0.717, 1.165) is 23.1 Å². The molecular formula is C25H27N3O3. The summed E-state index contributed by atoms with van der Waals surface area (Å²) < 4.78 is 11.2. The number of nitrogens with two attached hydrogens (primary N) is 1. The number of unbranched alkanes of at least 4 members (excludes halogenated alkanes) is 5. The predicted octanol–water partition coefficient (Wildman–Crippen LogP) is 5.72. The van der Waals surface area contributed by atoms with E-state index in [-0.39, 0.29) is 11.2 Å². The molecule has 0 saturated carbocycles. The molecule has 6 heteroatoms. The van der Waals surface area contributed by atoms with Gasteiger partial charge in [-0.3, -0.25) is 0 Å². The highest BCUT2D eigenvalue weighted by molar-refractivity contribution is 6.05. The van der Waals surface area contributed by atoms with E-state index < -0.39 is 5.63 Å². The maximum absolute atomic E-state index is 12.4. The zero-order valence-corrected chi connectivity index (χ0v) is 17.8. The Bertz CT molecular complexity index is 1230. The Hall–Kier alpha value is -3.41. The molecule has 160 valence electrons. The van der Waals surface area contributed by atoms with Crippen molar-refractivity contribution in [2.75, 3.05) is 12.3 Å². The second-order valence-electron chi connectivity index (χ2n) is 7.68. The van der Waals surface area contributed by atoms with Crippen LogP contribution in [-0.2, 0) is 0 Å². The first kappa shape index (κ1) is 20.8. The van der Waals surface area contributed by atoms with Gasteiger partial charge in [0.15, 0.2) is 5.82 Å². The van der Waals surface area contributed by atoms with Gasteiger partial charge in [0.05, 0.1) is 12.1 Å². The van der Waals surface area contributed by atoms with Gasteiger partial charge in [0, 0.05) is 10.9 Å². The highest BCUT2D eigenvalue weighted by Crippen LogP contribution is 2.27. The van der Waals surface area contributed by atoms with Crippen molar-refractivity contribution in [3.63, 3.8) is 0 Å². The summed E-state index contributed by atoms with van der Waals surface area (Å²) in [6.07, 6.45) is 7.40. The Kier molecular flexibility index (Phi) is 6.46. The minimum Gasteiger partial charge on any atom is -0.494 e. The van der Waals surface area contributed by atoms with Gasteiger partial charge < -0.3 is 14.9 Å². The molecule has 0 spiro atoms. The fraction of sp³-hybridized carbons (Fsp3) is 0.320. The molecule has 4 aromatic rings. The normalized spacial score (nSPS) is 11.3. The number of anilines is 1. The number of benzene rings is 2. The van der Waals surface area contributed by atoms with Crippen molar-refractivity contribution in [1.82, 2.24) is 9.97 Å². The molecule has 0 aliphatic carbocycles. The summed E-state index contributed by atoms with van der Waals surface area (Å²) in [6, 6.07) is 14.9. The third kappa shape index (κ3) is 4.68. The summed E-state index contributed by atoms with van der Waals surface area (Å²) >= 11 is 0. The van der Waals surface area contributed by atoms with E-state index in [9.17, 15) is 4.79 Å². The molecule has 2 aromatic heterocycles. The summed E-state index contributed by atoms with van der Waals surface area (Å²) in [5, 5.41) is 0.938. The molecule has 0 atom stereocenters. The lowest BCUT2D eigenvalue weighted by molar-refractivity contribution is 0.304. The molecule has 0 radical (unpaired) electrons. The second kappa shape index (κ2) is 9.60. The van der Waals surface area contributed by atoms with Crippen molar-refractivity contribution in [3.8, 4) is 17.1 Å². The van der Waals surface area contributed by atoms with Crippen LogP contribution in [0.25, 0.3) is 33.3 Å². The van der Waals surface area contributed by atoms with Crippen molar-refractivity contribution < 1.29 is 9.15 Å². The second-order valence-corrected chi connectivity index (χ2v) is 7.68. The van der Waals surface area contributed by atoms with Crippen LogP contribution in [0.4, 0.5) is 5.82 Å². The molecule has 0 unspecified atom stereocenters. The minimum absolute atomic E-state index is 0.114. The molecule has 0 aliphatic rings. The summed E-state index contributed by atoms with van der Waals surface area (Å²) in [6.45, 7) is 2.94. The average molecular weight is 418 g/mol. The summed E-state index contributed by atoms with van der Waals surface area (Å²) in [4.78, 5) is 21.4. The smallest absolute Gasteiger partial charge is 0.349 e. The van der Waals surface area contributed by atoms with Crippen molar-refractivity contribution in [3.05, 3.63) is 59.0 Å². The lowest BCUT2D eigenvalue weighted by atomic mass is 10.1. The standard InChI is InChI=1S/C25H27N3O3/c1-2-3-4-5-6-9-16-30-18-14-12-17(13-15-18)24-27-22-19-10-7-8-11-20(19)31-25(29)21(22)23(26)28-24/h7-8,10-15H,2-6,9,16H2,1H3,(H2,26,27,28). The highest BCUT2D eigenvalue weighted by atomic mass is 16.5. The van der Waals surface area contributed by atoms with E-state index in [4.69, 9.17) is 14.9 Å². The Morgan fingerprint density at radius 1 is 0.935 bits per heavy atom. The fourth-order valence-electron chi connectivity index (χ4n) is 3.68. The van der Waals surface area contributed by atoms with Crippen molar-refractivity contribution >= 4 is 27.7 Å². The number of nitrogens with zero attached hydrogens (tertiary/aromatic N) is 2. The monoisotopic (exact) mass is 417 g/mol. The Morgan fingerprint density at radius 2 is 1.68 bits per heavy atom. The lowest BCUT2D eigenvalue weighted by Gasteiger charge is -2.09. The molecule has 0 aliphatic heterocycles. The number of ether oxygens (including phenoxy) is 1. The number of hydrogen-bond acceptors (Lipinski definition) is 6. The van der Waals surface area contributed by atoms with Crippen LogP contribution >= 0.6 is 0 Å². The molecule has 2 heterocycles. The maximum Gasteiger partial charge on any atom is 0.349 e. The third-order valence-corrected chi connectivity index (χ3v) is 5.37. The van der Waals surface area contributed by atoms with Gasteiger partial charge in [-0.15, -0.1) is 0 Å². The van der Waals surface area contributed by atoms with Crippen LogP contribution in [-0.4, -0.2) is 16.6 Å². The lowest BCUT2D eigenvalue weighted by Crippen LogP contribution is -2.08. The molecule has 0 amide bonds. The van der Waals surface area contributed by atoms with Gasteiger partial charge in [-0.25, -0.2) is 14.8 Å². The molecular weight excluding hydrogens is 390 g/mol. The third-order valence-electron chi connectivity index (χ3n) is 5.37. The van der Waals surface area contributed by atoms with Crippen LogP contribution < -0.4 is 16.1 Å². The molecule has 4 rings (SSSR count). The molecule has 31 heavy (non-hydrogen) atoms. The van der Waals surface area contributed by atoms with Crippen molar-refractivity contribution in [1.29, 1.82) is 0 Å². The summed E-state index contributed by atoms with van der Waals surface area (Å²) in [5.74, 6) is 1.39. The number of fused-ring (bicyclic) bond motifs is 3. The van der Waals surface area contributed by atoms with Gasteiger partial charge in [-0.05, 0) is 42.8 Å². The molecule has 6 nitrogen and oxygen atoms in total. The van der Waals surface area contributed by atoms with Gasteiger partial charge in [0.1, 0.15) is 22.5 Å². The van der Waals surface area contributed by atoms with Gasteiger partial charge in [0.2, 0.25) is 0 Å². The predicted molar refractivity (Wildman–Crippen MR) is 124 cm³/mol. The fourth-order valence-corrected chi connectivity index (χ4v) is 3.68. The average Bonchev–Trinajstić information content (AvgIpc) is 2.78. The van der Waals surface area contributed by atoms with E-state index in [1.807, 2.05) is 42.5 Å². The number of aromatic nitrogens is 2. The largest absolute Gasteiger partial charge is 0.494 e. The minimum atomic E-state index is -0.531. The topological polar surface area (TPSA) is 91.2 Å². The van der Waals surface area contributed by atoms with E-state index in [2.05, 4.69) is 16.9 Å². The molecule has 0 fully saturated rings. The Balaban J connectivity index is 1.52. The maximum atomic E-state index is 12.4. The quantitative estimate of drug-likeness (QED) is 0.213. The number of para-hydroxylation sites is 1. The molecule has 2 N–H and O–H groups in total. The zero-order valence-electron chi connectivity index (χ0n) is 17.8. The Labute approximate surface area is 181 Å². The molecule has 0 saturated heterocycles. The first-order valence-corrected chi connectivity index (χ1v) is 10.9. The SMILES string of the molecule is CCCCCCCCOc1ccc(-c2nc(N)c3c(=O)oc4ccccc4c3n2)cc1. The first-order chi connectivity index (χ1) is 15.2. The van der Waals surface area contributed by atoms with Crippen LogP contribution in [0.15, 0.2) is 57.7 Å². The van der Waals surface area contributed by atoms with Crippen molar-refractivity contribution in [2.24, 2.45) is 0 Å². The summed E-state index contributed by atoms with van der Waals surface area (Å²) in [5.41, 5.74) is 7.35. The Morgan fingerprint density at radius 3 is 2.48 bits per heavy atom. The van der Waals surface area contributed by atoms with Crippen LogP contribution in [0.2, 0.25) is 0 Å². The first-order valence-electron chi connectivity index (χ1n) is 10.9. The van der Waals surface area contributed by atoms with Gasteiger partial charge in [-0.2, -0.15) is 0 Å². The number of nitrogen functional groups attached to an aromatic ring is 1. The van der Waals surface area contributed by atoms with E-state index in [1.54, 1.807) is 6.07 Å². The van der Waals surface area contributed by atoms with Gasteiger partial charge in [0.25, 0.3) is 0 Å². The number of rotatable bonds is 9. The molecule has 0 bridgehead atoms. The van der Waals surface area contributed by atoms with Crippen molar-refractivity contribution in [2.45, 2.75) is 45.4 Å². The highest BCUT2D eigenvalue weighted by Gasteiger charge is 2.15. The van der Waals surface area contributed by atoms with Gasteiger partial charge >= 0.3 is 5.63 Å². The van der Waals surface area contributed by atoms with E-state index in [1.165, 1.54) is 32.1 Å². The van der Waals surface area contributed by atoms with Crippen LogP contribution in [0.5, 0.6) is 5.75 Å². The van der Waals surface area contributed by atoms with Gasteiger partial charge in [-0.1, -0.05) is 51.2 Å². The number of hydrogen-bond donors (Lipinski definition) is 1. The zero-order chi connectivity index (χ0) is 21.6. The summed E-state index contributed by atoms with van der Waals surface area (Å²) in [7, 11) is 0. The molecule has 2 aromatic carbocycles. The van der Waals surface area contributed by atoms with Crippen LogP contribution in [0.1, 0.15) is 45.4 Å². The van der Waals surface area contributed by atoms with Crippen LogP contribution in [0, 0.1) is 0 Å². The van der Waals surface area contributed by atoms with E-state index >= 15 is 0 Å².